The lowest BCUT2D eigenvalue weighted by atomic mass is 9.88. The van der Waals surface area contributed by atoms with Gasteiger partial charge in [-0.2, -0.15) is 0 Å². The zero-order chi connectivity index (χ0) is 19.0. The molecule has 4 rings (SSSR count). The second-order valence-corrected chi connectivity index (χ2v) is 7.78. The van der Waals surface area contributed by atoms with Crippen molar-refractivity contribution in [3.05, 3.63) is 52.2 Å². The predicted molar refractivity (Wildman–Crippen MR) is 101 cm³/mol. The number of aromatic nitrogens is 4. The third kappa shape index (κ3) is 3.33. The smallest absolute Gasteiger partial charge is 0.256 e. The van der Waals surface area contributed by atoms with Gasteiger partial charge in [0.15, 0.2) is 0 Å². The van der Waals surface area contributed by atoms with Crippen molar-refractivity contribution in [2.24, 2.45) is 11.7 Å². The number of thiophene rings is 1. The van der Waals surface area contributed by atoms with Gasteiger partial charge in [-0.15, -0.1) is 16.4 Å². The molecule has 3 aromatic rings. The Balaban J connectivity index is 1.64. The summed E-state index contributed by atoms with van der Waals surface area (Å²) in [6.07, 6.45) is 4.20. The Morgan fingerprint density at radius 2 is 2.22 bits per heavy atom. The highest BCUT2D eigenvalue weighted by Crippen LogP contribution is 2.39. The Bertz CT molecular complexity index is 1010. The molecule has 0 aliphatic heterocycles. The molecule has 0 spiro atoms. The number of rotatable bonds is 4. The summed E-state index contributed by atoms with van der Waals surface area (Å²) in [6, 6.07) is 6.93. The molecule has 9 heteroatoms. The van der Waals surface area contributed by atoms with Crippen LogP contribution in [0.5, 0.6) is 0 Å². The van der Waals surface area contributed by atoms with E-state index in [1.165, 1.54) is 22.3 Å². The molecule has 0 fully saturated rings. The van der Waals surface area contributed by atoms with Crippen LogP contribution in [0, 0.1) is 5.92 Å². The number of benzene rings is 1. The van der Waals surface area contributed by atoms with E-state index in [9.17, 15) is 9.59 Å². The van der Waals surface area contributed by atoms with Crippen molar-refractivity contribution < 1.29 is 9.59 Å². The molecule has 0 radical (unpaired) electrons. The highest BCUT2D eigenvalue weighted by Gasteiger charge is 2.27. The van der Waals surface area contributed by atoms with Crippen LogP contribution in [0.25, 0.3) is 5.69 Å². The van der Waals surface area contributed by atoms with E-state index in [0.717, 1.165) is 29.7 Å². The molecular weight excluding hydrogens is 364 g/mol. The molecule has 1 aliphatic carbocycles. The van der Waals surface area contributed by atoms with Crippen LogP contribution in [0.1, 0.15) is 44.5 Å². The van der Waals surface area contributed by atoms with E-state index >= 15 is 0 Å². The number of hydrogen-bond donors (Lipinski definition) is 2. The highest BCUT2D eigenvalue weighted by atomic mass is 32.1. The number of nitrogens with zero attached hydrogens (tertiary/aromatic N) is 4. The molecule has 2 aromatic heterocycles. The second-order valence-electron chi connectivity index (χ2n) is 6.68. The summed E-state index contributed by atoms with van der Waals surface area (Å²) in [5.41, 5.74) is 8.16. The minimum absolute atomic E-state index is 0.306. The number of amides is 2. The average molecular weight is 382 g/mol. The first-order chi connectivity index (χ1) is 13.0. The fraction of sp³-hybridized carbons (Fsp3) is 0.278. The van der Waals surface area contributed by atoms with E-state index in [0.29, 0.717) is 27.7 Å². The van der Waals surface area contributed by atoms with E-state index in [1.54, 1.807) is 24.3 Å². The molecule has 27 heavy (non-hydrogen) atoms. The van der Waals surface area contributed by atoms with Crippen molar-refractivity contribution in [2.45, 2.75) is 26.2 Å². The molecule has 0 bridgehead atoms. The molecular formula is C18H18N6O2S. The van der Waals surface area contributed by atoms with Gasteiger partial charge < -0.3 is 11.1 Å². The van der Waals surface area contributed by atoms with Gasteiger partial charge in [0, 0.05) is 10.4 Å². The summed E-state index contributed by atoms with van der Waals surface area (Å²) in [4.78, 5) is 25.9. The number of carbonyl (C=O) groups is 2. The largest absolute Gasteiger partial charge is 0.365 e. The number of tetrazole rings is 1. The summed E-state index contributed by atoms with van der Waals surface area (Å²) in [6.45, 7) is 2.19. The molecule has 3 N–H and O–H groups in total. The number of anilines is 1. The van der Waals surface area contributed by atoms with Crippen molar-refractivity contribution in [1.29, 1.82) is 0 Å². The highest BCUT2D eigenvalue weighted by molar-refractivity contribution is 7.17. The van der Waals surface area contributed by atoms with E-state index in [2.05, 4.69) is 27.8 Å². The first kappa shape index (κ1) is 17.3. The van der Waals surface area contributed by atoms with Crippen molar-refractivity contribution >= 4 is 28.2 Å². The van der Waals surface area contributed by atoms with Gasteiger partial charge in [-0.3, -0.25) is 9.59 Å². The van der Waals surface area contributed by atoms with Gasteiger partial charge in [0.05, 0.1) is 11.3 Å². The fourth-order valence-corrected chi connectivity index (χ4v) is 4.76. The molecule has 2 amide bonds. The van der Waals surface area contributed by atoms with Crippen molar-refractivity contribution in [3.8, 4) is 5.69 Å². The lowest BCUT2D eigenvalue weighted by molar-refractivity contribution is 0.1000. The second kappa shape index (κ2) is 6.92. The first-order valence-electron chi connectivity index (χ1n) is 8.62. The van der Waals surface area contributed by atoms with Gasteiger partial charge in [0.1, 0.15) is 11.3 Å². The average Bonchev–Trinajstić information content (AvgIpc) is 3.29. The summed E-state index contributed by atoms with van der Waals surface area (Å²) in [7, 11) is 0. The molecule has 2 heterocycles. The zero-order valence-corrected chi connectivity index (χ0v) is 15.5. The SMILES string of the molecule is C[C@@H]1CCc2c(sc(NC(=O)c3cccc(-n4cnnn4)c3)c2C(N)=O)C1. The number of hydrogen-bond acceptors (Lipinski definition) is 6. The third-order valence-corrected chi connectivity index (χ3v) is 5.88. The van der Waals surface area contributed by atoms with Gasteiger partial charge in [-0.05, 0) is 59.4 Å². The van der Waals surface area contributed by atoms with E-state index in [-0.39, 0.29) is 5.91 Å². The summed E-state index contributed by atoms with van der Waals surface area (Å²) < 4.78 is 1.47. The van der Waals surface area contributed by atoms with E-state index < -0.39 is 5.91 Å². The maximum Gasteiger partial charge on any atom is 0.256 e. The molecule has 1 atom stereocenters. The van der Waals surface area contributed by atoms with Crippen LogP contribution in [0.15, 0.2) is 30.6 Å². The Morgan fingerprint density at radius 3 is 2.96 bits per heavy atom. The van der Waals surface area contributed by atoms with Crippen LogP contribution in [-0.4, -0.2) is 32.0 Å². The lowest BCUT2D eigenvalue weighted by Crippen LogP contribution is -2.19. The third-order valence-electron chi connectivity index (χ3n) is 4.71. The Kier molecular flexibility index (Phi) is 4.44. The lowest BCUT2D eigenvalue weighted by Gasteiger charge is -2.18. The predicted octanol–water partition coefficient (Wildman–Crippen LogP) is 2.20. The Morgan fingerprint density at radius 1 is 1.37 bits per heavy atom. The molecule has 8 nitrogen and oxygen atoms in total. The van der Waals surface area contributed by atoms with Crippen molar-refractivity contribution in [3.63, 3.8) is 0 Å². The number of carbonyl (C=O) groups excluding carboxylic acids is 2. The summed E-state index contributed by atoms with van der Waals surface area (Å²) in [5, 5.41) is 14.4. The van der Waals surface area contributed by atoms with Gasteiger partial charge in [-0.1, -0.05) is 13.0 Å². The van der Waals surface area contributed by atoms with Crippen LogP contribution < -0.4 is 11.1 Å². The maximum atomic E-state index is 12.8. The van der Waals surface area contributed by atoms with E-state index in [4.69, 9.17) is 5.73 Å². The first-order valence-corrected chi connectivity index (χ1v) is 9.43. The van der Waals surface area contributed by atoms with E-state index in [1.807, 2.05) is 0 Å². The Hall–Kier alpha value is -3.07. The molecule has 1 aliphatic rings. The van der Waals surface area contributed by atoms with Crippen LogP contribution in [0.4, 0.5) is 5.00 Å². The molecule has 0 unspecified atom stereocenters. The minimum atomic E-state index is -0.500. The monoisotopic (exact) mass is 382 g/mol. The van der Waals surface area contributed by atoms with Crippen molar-refractivity contribution in [2.75, 3.05) is 5.32 Å². The van der Waals surface area contributed by atoms with Crippen LogP contribution in [-0.2, 0) is 12.8 Å². The molecule has 0 saturated carbocycles. The molecule has 1 aromatic carbocycles. The topological polar surface area (TPSA) is 116 Å². The van der Waals surface area contributed by atoms with Gasteiger partial charge in [0.2, 0.25) is 0 Å². The van der Waals surface area contributed by atoms with Gasteiger partial charge in [-0.25, -0.2) is 4.68 Å². The quantitative estimate of drug-likeness (QED) is 0.718. The number of fused-ring (bicyclic) bond motifs is 1. The number of nitrogens with one attached hydrogen (secondary N) is 1. The minimum Gasteiger partial charge on any atom is -0.365 e. The fourth-order valence-electron chi connectivity index (χ4n) is 3.34. The molecule has 0 saturated heterocycles. The van der Waals surface area contributed by atoms with Crippen LogP contribution in [0.2, 0.25) is 0 Å². The van der Waals surface area contributed by atoms with Crippen LogP contribution >= 0.6 is 11.3 Å². The maximum absolute atomic E-state index is 12.8. The van der Waals surface area contributed by atoms with Gasteiger partial charge in [0.25, 0.3) is 11.8 Å². The summed E-state index contributed by atoms with van der Waals surface area (Å²) >= 11 is 1.45. The van der Waals surface area contributed by atoms with Crippen molar-refractivity contribution in [1.82, 2.24) is 20.2 Å². The normalized spacial score (nSPS) is 16.0. The Labute approximate surface area is 159 Å². The standard InChI is InChI=1S/C18H18N6O2S/c1-10-5-6-13-14(7-10)27-18(15(13)16(19)25)21-17(26)11-3-2-4-12(8-11)24-9-20-22-23-24/h2-4,8-10H,5-7H2,1H3,(H2,19,25)(H,21,26)/t10-/m1/s1. The van der Waals surface area contributed by atoms with Crippen LogP contribution in [0.3, 0.4) is 0 Å². The number of nitrogens with two attached hydrogens (primary N) is 1. The number of primary amides is 1. The van der Waals surface area contributed by atoms with Gasteiger partial charge >= 0.3 is 0 Å². The zero-order valence-electron chi connectivity index (χ0n) is 14.7. The molecule has 138 valence electrons. The summed E-state index contributed by atoms with van der Waals surface area (Å²) in [5.74, 6) is -0.243.